The van der Waals surface area contributed by atoms with Crippen molar-refractivity contribution < 1.29 is 14.0 Å². The van der Waals surface area contributed by atoms with Gasteiger partial charge in [-0.3, -0.25) is 9.59 Å². The number of nitrogens with one attached hydrogen (secondary N) is 2. The molecule has 2 aliphatic rings. The smallest absolute Gasteiger partial charge is 0.274 e. The molecule has 3 aromatic heterocycles. The quantitative estimate of drug-likeness (QED) is 0.508. The number of carbonyl (C=O) groups is 2. The third-order valence-electron chi connectivity index (χ3n) is 6.80. The zero-order valence-corrected chi connectivity index (χ0v) is 20.7. The number of pyridine rings is 2. The predicted octanol–water partition coefficient (Wildman–Crippen LogP) is 3.94. The normalized spacial score (nSPS) is 20.9. The monoisotopic (exact) mass is 518 g/mol. The summed E-state index contributed by atoms with van der Waals surface area (Å²) in [5, 5.41) is 4.31. The first-order chi connectivity index (χ1) is 16.8. The summed E-state index contributed by atoms with van der Waals surface area (Å²) in [7, 11) is 0. The van der Waals surface area contributed by atoms with Gasteiger partial charge in [0.15, 0.2) is 5.78 Å². The first-order valence-electron chi connectivity index (χ1n) is 11.6. The fraction of sp³-hybridized carbons (Fsp3) is 0.417. The van der Waals surface area contributed by atoms with Crippen molar-refractivity contribution in [2.45, 2.75) is 25.8 Å². The van der Waals surface area contributed by atoms with Crippen molar-refractivity contribution in [1.29, 1.82) is 0 Å². The van der Waals surface area contributed by atoms with Crippen LogP contribution in [0.15, 0.2) is 24.5 Å². The Morgan fingerprint density at radius 3 is 2.63 bits per heavy atom. The zero-order chi connectivity index (χ0) is 24.7. The molecule has 1 amide bonds. The maximum Gasteiger partial charge on any atom is 0.274 e. The molecule has 184 valence electrons. The number of aromatic amines is 1. The highest BCUT2D eigenvalue weighted by Crippen LogP contribution is 2.34. The van der Waals surface area contributed by atoms with Crippen LogP contribution in [-0.2, 0) is 0 Å². The van der Waals surface area contributed by atoms with Gasteiger partial charge >= 0.3 is 0 Å². The number of H-pyrrole nitrogens is 1. The van der Waals surface area contributed by atoms with E-state index in [0.29, 0.717) is 54.9 Å². The fourth-order valence-electron chi connectivity index (χ4n) is 4.96. The van der Waals surface area contributed by atoms with Crippen LogP contribution in [0.5, 0.6) is 0 Å². The minimum atomic E-state index is -0.485. The standard InChI is InChI=1S/C24H25Cl2FN6O2/c1-13-8-14(2-5-33(13)23-19(26)9-15(27)11-30-23)21(34)17-12-29-22-16(17)10-18(25)20(31-22)24(35)32-6-3-28-4-7-32/h9-14,28H,2-8H2,1H3,(H,29,31). The van der Waals surface area contributed by atoms with Crippen molar-refractivity contribution in [2.24, 2.45) is 5.92 Å². The topological polar surface area (TPSA) is 94.2 Å². The molecule has 11 heteroatoms. The van der Waals surface area contributed by atoms with Gasteiger partial charge in [0.1, 0.15) is 23.0 Å². The van der Waals surface area contributed by atoms with Gasteiger partial charge in [0.25, 0.3) is 5.91 Å². The third-order valence-corrected chi connectivity index (χ3v) is 7.37. The SMILES string of the molecule is CC1CC(C(=O)c2c[nH]c3nc(C(=O)N4CCNCC4)c(Cl)cc23)CCN1c1ncc(F)cc1Cl. The Morgan fingerprint density at radius 1 is 1.14 bits per heavy atom. The summed E-state index contributed by atoms with van der Waals surface area (Å²) in [6, 6.07) is 2.89. The van der Waals surface area contributed by atoms with Crippen LogP contribution in [0.25, 0.3) is 11.0 Å². The number of hydrogen-bond donors (Lipinski definition) is 2. The number of carbonyl (C=O) groups excluding carboxylic acids is 2. The van der Waals surface area contributed by atoms with Crippen molar-refractivity contribution >= 4 is 51.7 Å². The van der Waals surface area contributed by atoms with E-state index in [1.165, 1.54) is 6.07 Å². The van der Waals surface area contributed by atoms with E-state index in [2.05, 4.69) is 20.3 Å². The summed E-state index contributed by atoms with van der Waals surface area (Å²) >= 11 is 12.7. The second kappa shape index (κ2) is 9.72. The molecule has 0 radical (unpaired) electrons. The highest BCUT2D eigenvalue weighted by molar-refractivity contribution is 6.34. The minimum absolute atomic E-state index is 0.0000367. The van der Waals surface area contributed by atoms with Gasteiger partial charge in [-0.1, -0.05) is 23.2 Å². The molecule has 2 saturated heterocycles. The molecule has 2 unspecified atom stereocenters. The number of rotatable bonds is 4. The van der Waals surface area contributed by atoms with E-state index in [4.69, 9.17) is 23.2 Å². The highest BCUT2D eigenvalue weighted by atomic mass is 35.5. The average Bonchev–Trinajstić information content (AvgIpc) is 3.26. The Balaban J connectivity index is 1.35. The Labute approximate surface area is 211 Å². The Hall–Kier alpha value is -2.75. The molecule has 0 spiro atoms. The van der Waals surface area contributed by atoms with Crippen molar-refractivity contribution in [3.05, 3.63) is 51.6 Å². The van der Waals surface area contributed by atoms with Crippen LogP contribution in [0.1, 0.15) is 40.6 Å². The summed E-state index contributed by atoms with van der Waals surface area (Å²) < 4.78 is 13.4. The number of ketones is 1. The second-order valence-corrected chi connectivity index (χ2v) is 9.86. The maximum atomic E-state index is 13.5. The van der Waals surface area contributed by atoms with E-state index in [-0.39, 0.29) is 39.4 Å². The van der Waals surface area contributed by atoms with Crippen LogP contribution >= 0.6 is 23.2 Å². The first kappa shape index (κ1) is 24.0. The number of piperidine rings is 1. The van der Waals surface area contributed by atoms with Crippen molar-refractivity contribution in [3.63, 3.8) is 0 Å². The zero-order valence-electron chi connectivity index (χ0n) is 19.2. The van der Waals surface area contributed by atoms with E-state index < -0.39 is 5.82 Å². The molecular formula is C24H25Cl2FN6O2. The lowest BCUT2D eigenvalue weighted by molar-refractivity contribution is 0.0730. The molecule has 35 heavy (non-hydrogen) atoms. The van der Waals surface area contributed by atoms with Crippen LogP contribution in [0.2, 0.25) is 10.0 Å². The van der Waals surface area contributed by atoms with Gasteiger partial charge < -0.3 is 20.1 Å². The molecule has 8 nitrogen and oxygen atoms in total. The Kier molecular flexibility index (Phi) is 6.65. The number of fused-ring (bicyclic) bond motifs is 1. The van der Waals surface area contributed by atoms with Gasteiger partial charge in [-0.25, -0.2) is 14.4 Å². The Bertz CT molecular complexity index is 1290. The summed E-state index contributed by atoms with van der Waals surface area (Å²) in [4.78, 5) is 41.8. The van der Waals surface area contributed by atoms with E-state index in [9.17, 15) is 14.0 Å². The van der Waals surface area contributed by atoms with Gasteiger partial charge in [0.05, 0.1) is 16.2 Å². The lowest BCUT2D eigenvalue weighted by Crippen LogP contribution is -2.46. The number of aromatic nitrogens is 3. The van der Waals surface area contributed by atoms with Gasteiger partial charge in [-0.15, -0.1) is 0 Å². The van der Waals surface area contributed by atoms with E-state index in [0.717, 1.165) is 19.3 Å². The number of halogens is 3. The van der Waals surface area contributed by atoms with Crippen LogP contribution in [0.4, 0.5) is 10.2 Å². The molecule has 2 atom stereocenters. The summed E-state index contributed by atoms with van der Waals surface area (Å²) in [5.74, 6) is -0.382. The van der Waals surface area contributed by atoms with Crippen LogP contribution in [0, 0.1) is 11.7 Å². The van der Waals surface area contributed by atoms with Crippen LogP contribution in [0.3, 0.4) is 0 Å². The van der Waals surface area contributed by atoms with Gasteiger partial charge in [-0.05, 0) is 31.9 Å². The molecular weight excluding hydrogens is 494 g/mol. The molecule has 5 heterocycles. The predicted molar refractivity (Wildman–Crippen MR) is 133 cm³/mol. The molecule has 2 fully saturated rings. The molecule has 2 N–H and O–H groups in total. The maximum absolute atomic E-state index is 13.5. The number of hydrogen-bond acceptors (Lipinski definition) is 6. The molecule has 0 aromatic carbocycles. The van der Waals surface area contributed by atoms with Gasteiger partial charge in [0, 0.05) is 61.8 Å². The first-order valence-corrected chi connectivity index (χ1v) is 12.4. The molecule has 5 rings (SSSR count). The summed E-state index contributed by atoms with van der Waals surface area (Å²) in [6.07, 6.45) is 3.99. The molecule has 0 saturated carbocycles. The lowest BCUT2D eigenvalue weighted by atomic mass is 9.85. The second-order valence-electron chi connectivity index (χ2n) is 9.05. The lowest BCUT2D eigenvalue weighted by Gasteiger charge is -2.38. The van der Waals surface area contributed by atoms with Crippen molar-refractivity contribution in [1.82, 2.24) is 25.2 Å². The molecule has 0 aliphatic carbocycles. The summed E-state index contributed by atoms with van der Waals surface area (Å²) in [6.45, 7) is 5.22. The highest BCUT2D eigenvalue weighted by Gasteiger charge is 2.33. The third kappa shape index (κ3) is 4.60. The van der Waals surface area contributed by atoms with Crippen LogP contribution < -0.4 is 10.2 Å². The fourth-order valence-corrected chi connectivity index (χ4v) is 5.45. The Morgan fingerprint density at radius 2 is 1.91 bits per heavy atom. The summed E-state index contributed by atoms with van der Waals surface area (Å²) in [5.41, 5.74) is 1.16. The van der Waals surface area contributed by atoms with Gasteiger partial charge in [-0.2, -0.15) is 0 Å². The van der Waals surface area contributed by atoms with E-state index in [1.807, 2.05) is 11.8 Å². The number of nitrogens with zero attached hydrogens (tertiary/aromatic N) is 4. The molecule has 2 aliphatic heterocycles. The van der Waals surface area contributed by atoms with Gasteiger partial charge in [0.2, 0.25) is 0 Å². The van der Waals surface area contributed by atoms with Crippen molar-refractivity contribution in [3.8, 4) is 0 Å². The number of anilines is 1. The largest absolute Gasteiger partial charge is 0.353 e. The number of piperazine rings is 1. The number of amides is 1. The minimum Gasteiger partial charge on any atom is -0.353 e. The molecule has 3 aromatic rings. The van der Waals surface area contributed by atoms with E-state index >= 15 is 0 Å². The van der Waals surface area contributed by atoms with E-state index in [1.54, 1.807) is 17.2 Å². The number of Topliss-reactive ketones (excluding diaryl/α,β-unsaturated/α-hetero) is 1. The van der Waals surface area contributed by atoms with Crippen LogP contribution in [-0.4, -0.2) is 70.3 Å². The average molecular weight is 519 g/mol. The molecule has 0 bridgehead atoms. The van der Waals surface area contributed by atoms with Crippen molar-refractivity contribution in [2.75, 3.05) is 37.6 Å².